The van der Waals surface area contributed by atoms with Crippen LogP contribution in [-0.2, 0) is 20.9 Å². The maximum atomic E-state index is 13.0. The van der Waals surface area contributed by atoms with Crippen LogP contribution in [0.1, 0.15) is 34.3 Å². The van der Waals surface area contributed by atoms with Crippen molar-refractivity contribution in [3.05, 3.63) is 71.8 Å². The zero-order valence-corrected chi connectivity index (χ0v) is 19.2. The van der Waals surface area contributed by atoms with Gasteiger partial charge in [0.25, 0.3) is 5.91 Å². The number of nitrogens with zero attached hydrogens (tertiary/aromatic N) is 3. The number of carbonyl (C=O) groups is 4. The molecule has 3 heterocycles. The number of fused-ring (bicyclic) bond motifs is 1. The first-order valence-electron chi connectivity index (χ1n) is 11.6. The van der Waals surface area contributed by atoms with Gasteiger partial charge in [0.2, 0.25) is 11.8 Å². The predicted octanol–water partition coefficient (Wildman–Crippen LogP) is 2.38. The van der Waals surface area contributed by atoms with Gasteiger partial charge in [-0.1, -0.05) is 36.9 Å². The second-order valence-corrected chi connectivity index (χ2v) is 8.83. The first kappa shape index (κ1) is 22.6. The van der Waals surface area contributed by atoms with Crippen molar-refractivity contribution >= 4 is 35.2 Å². The van der Waals surface area contributed by atoms with E-state index < -0.39 is 11.9 Å². The molecule has 2 saturated heterocycles. The molecule has 0 saturated carbocycles. The van der Waals surface area contributed by atoms with E-state index in [1.54, 1.807) is 11.0 Å². The molecule has 4 amide bonds. The summed E-state index contributed by atoms with van der Waals surface area (Å²) in [7, 11) is 0. The number of piperazine rings is 1. The van der Waals surface area contributed by atoms with Crippen molar-refractivity contribution in [1.82, 2.24) is 15.1 Å². The van der Waals surface area contributed by atoms with Crippen molar-refractivity contribution < 1.29 is 23.9 Å². The lowest BCUT2D eigenvalue weighted by Crippen LogP contribution is -2.52. The lowest BCUT2D eigenvalue weighted by Gasteiger charge is -2.35. The van der Waals surface area contributed by atoms with E-state index in [1.807, 2.05) is 42.5 Å². The molecule has 1 atom stereocenters. The lowest BCUT2D eigenvalue weighted by atomic mass is 10.0. The summed E-state index contributed by atoms with van der Waals surface area (Å²) in [4.78, 5) is 54.6. The summed E-state index contributed by atoms with van der Waals surface area (Å²) in [6.45, 7) is 6.60. The Kier molecular flexibility index (Phi) is 5.98. The fourth-order valence-electron chi connectivity index (χ4n) is 4.75. The molecule has 5 rings (SSSR count). The second kappa shape index (κ2) is 9.25. The van der Waals surface area contributed by atoms with Crippen LogP contribution in [0, 0.1) is 0 Å². The van der Waals surface area contributed by atoms with E-state index in [4.69, 9.17) is 4.74 Å². The second-order valence-electron chi connectivity index (χ2n) is 8.83. The van der Waals surface area contributed by atoms with Crippen molar-refractivity contribution in [3.63, 3.8) is 0 Å². The van der Waals surface area contributed by atoms with Gasteiger partial charge in [0.15, 0.2) is 0 Å². The van der Waals surface area contributed by atoms with Crippen LogP contribution in [0.15, 0.2) is 55.1 Å². The largest absolute Gasteiger partial charge is 0.445 e. The van der Waals surface area contributed by atoms with Crippen LogP contribution in [0.4, 0.5) is 10.5 Å². The van der Waals surface area contributed by atoms with Crippen molar-refractivity contribution in [2.45, 2.75) is 25.5 Å². The monoisotopic (exact) mass is 474 g/mol. The molecule has 0 spiro atoms. The topological polar surface area (TPSA) is 99.3 Å². The molecule has 0 radical (unpaired) electrons. The van der Waals surface area contributed by atoms with Crippen LogP contribution in [0.5, 0.6) is 0 Å². The lowest BCUT2D eigenvalue weighted by molar-refractivity contribution is -0.136. The molecular formula is C26H26N4O5. The van der Waals surface area contributed by atoms with E-state index in [1.165, 1.54) is 4.90 Å². The van der Waals surface area contributed by atoms with E-state index in [0.717, 1.165) is 11.3 Å². The van der Waals surface area contributed by atoms with Gasteiger partial charge in [-0.2, -0.15) is 0 Å². The number of rotatable bonds is 4. The third-order valence-electron chi connectivity index (χ3n) is 6.68. The highest BCUT2D eigenvalue weighted by molar-refractivity contribution is 6.12. The average molecular weight is 475 g/mol. The standard InChI is InChI=1S/C26H26N4O5/c1-17-21-15-19(7-8-20(21)25(33)30(17)22-9-10-23(31)27-24(22)32)28-11-13-29(14-12-28)26(34)35-16-18-5-3-2-4-6-18/h2-8,15,22H,1,9-14,16H2,(H,27,31,32). The number of nitrogens with one attached hydrogen (secondary N) is 1. The number of ether oxygens (including phenoxy) is 1. The third kappa shape index (κ3) is 4.37. The summed E-state index contributed by atoms with van der Waals surface area (Å²) in [6, 6.07) is 14.4. The Morgan fingerprint density at radius 2 is 1.74 bits per heavy atom. The number of imide groups is 1. The molecule has 3 aliphatic rings. The first-order chi connectivity index (χ1) is 16.9. The van der Waals surface area contributed by atoms with Crippen LogP contribution in [-0.4, -0.2) is 65.8 Å². The molecule has 0 bridgehead atoms. The Bertz CT molecular complexity index is 1200. The zero-order chi connectivity index (χ0) is 24.5. The van der Waals surface area contributed by atoms with Gasteiger partial charge in [0.05, 0.1) is 0 Å². The molecule has 1 unspecified atom stereocenters. The molecule has 9 nitrogen and oxygen atoms in total. The summed E-state index contributed by atoms with van der Waals surface area (Å²) < 4.78 is 5.44. The summed E-state index contributed by atoms with van der Waals surface area (Å²) in [5.74, 6) is -1.08. The summed E-state index contributed by atoms with van der Waals surface area (Å²) in [5.41, 5.74) is 3.50. The van der Waals surface area contributed by atoms with E-state index in [9.17, 15) is 19.2 Å². The van der Waals surface area contributed by atoms with Crippen molar-refractivity contribution in [1.29, 1.82) is 0 Å². The number of hydrogen-bond donors (Lipinski definition) is 1. The van der Waals surface area contributed by atoms with Crippen molar-refractivity contribution in [2.75, 3.05) is 31.1 Å². The molecule has 2 aromatic carbocycles. The van der Waals surface area contributed by atoms with Gasteiger partial charge < -0.3 is 14.5 Å². The molecule has 9 heteroatoms. The highest BCUT2D eigenvalue weighted by Crippen LogP contribution is 2.37. The summed E-state index contributed by atoms with van der Waals surface area (Å²) in [6.07, 6.45) is 0.132. The van der Waals surface area contributed by atoms with Gasteiger partial charge in [0, 0.05) is 55.1 Å². The minimum atomic E-state index is -0.742. The molecular weight excluding hydrogens is 448 g/mol. The maximum Gasteiger partial charge on any atom is 0.410 e. The van der Waals surface area contributed by atoms with Crippen molar-refractivity contribution in [3.8, 4) is 0 Å². The smallest absolute Gasteiger partial charge is 0.410 e. The highest BCUT2D eigenvalue weighted by atomic mass is 16.6. The minimum absolute atomic E-state index is 0.188. The number of carbonyl (C=O) groups excluding carboxylic acids is 4. The molecule has 180 valence electrons. The summed E-state index contributed by atoms with van der Waals surface area (Å²) >= 11 is 0. The predicted molar refractivity (Wildman–Crippen MR) is 128 cm³/mol. The molecule has 0 aliphatic carbocycles. The fourth-order valence-corrected chi connectivity index (χ4v) is 4.75. The molecule has 2 fully saturated rings. The van der Waals surface area contributed by atoms with Crippen molar-refractivity contribution in [2.24, 2.45) is 0 Å². The summed E-state index contributed by atoms with van der Waals surface area (Å²) in [5, 5.41) is 2.31. The van der Waals surface area contributed by atoms with Gasteiger partial charge in [-0.15, -0.1) is 0 Å². The van der Waals surface area contributed by atoms with Gasteiger partial charge in [0.1, 0.15) is 12.6 Å². The molecule has 0 aromatic heterocycles. The molecule has 35 heavy (non-hydrogen) atoms. The Hall–Kier alpha value is -4.14. The molecule has 1 N–H and O–H groups in total. The van der Waals surface area contributed by atoms with Gasteiger partial charge in [-0.25, -0.2) is 4.79 Å². The molecule has 2 aromatic rings. The maximum absolute atomic E-state index is 13.0. The SMILES string of the molecule is C=C1c2cc(N3CCN(C(=O)OCc4ccccc4)CC3)ccc2C(=O)N1C1CCC(=O)NC1=O. The number of benzene rings is 2. The van der Waals surface area contributed by atoms with Crippen LogP contribution in [0.25, 0.3) is 5.70 Å². The number of hydrogen-bond acceptors (Lipinski definition) is 6. The van der Waals surface area contributed by atoms with Crippen LogP contribution in [0.2, 0.25) is 0 Å². The normalized spacial score (nSPS) is 20.1. The number of amides is 4. The van der Waals surface area contributed by atoms with E-state index in [-0.39, 0.29) is 37.4 Å². The Morgan fingerprint density at radius 1 is 1.00 bits per heavy atom. The van der Waals surface area contributed by atoms with Gasteiger partial charge >= 0.3 is 6.09 Å². The van der Waals surface area contributed by atoms with E-state index in [2.05, 4.69) is 16.8 Å². The molecule has 3 aliphatic heterocycles. The third-order valence-corrected chi connectivity index (χ3v) is 6.68. The Labute approximate surface area is 202 Å². The Balaban J connectivity index is 1.22. The van der Waals surface area contributed by atoms with E-state index >= 15 is 0 Å². The number of piperidine rings is 1. The van der Waals surface area contributed by atoms with Crippen LogP contribution < -0.4 is 10.2 Å². The zero-order valence-electron chi connectivity index (χ0n) is 19.2. The quantitative estimate of drug-likeness (QED) is 0.684. The van der Waals surface area contributed by atoms with Crippen LogP contribution in [0.3, 0.4) is 0 Å². The Morgan fingerprint density at radius 3 is 2.46 bits per heavy atom. The van der Waals surface area contributed by atoms with E-state index in [0.29, 0.717) is 43.0 Å². The fraction of sp³-hybridized carbons (Fsp3) is 0.308. The first-order valence-corrected chi connectivity index (χ1v) is 11.6. The highest BCUT2D eigenvalue weighted by Gasteiger charge is 2.41. The number of anilines is 1. The van der Waals surface area contributed by atoms with Gasteiger partial charge in [-0.3, -0.25) is 24.6 Å². The average Bonchev–Trinajstić information content (AvgIpc) is 3.12. The minimum Gasteiger partial charge on any atom is -0.445 e. The van der Waals surface area contributed by atoms with Crippen LogP contribution >= 0.6 is 0 Å². The van der Waals surface area contributed by atoms with Gasteiger partial charge in [-0.05, 0) is 30.2 Å².